The maximum atomic E-state index is 6.26. The van der Waals surface area contributed by atoms with Crippen LogP contribution in [0.25, 0.3) is 11.5 Å². The highest BCUT2D eigenvalue weighted by atomic mass is 16.5. The molecule has 0 spiro atoms. The minimum atomic E-state index is -0.391. The van der Waals surface area contributed by atoms with Gasteiger partial charge in [-0.3, -0.25) is 0 Å². The van der Waals surface area contributed by atoms with Crippen LogP contribution in [-0.2, 0) is 5.54 Å². The van der Waals surface area contributed by atoms with Gasteiger partial charge in [-0.1, -0.05) is 5.16 Å². The molecule has 1 aliphatic carbocycles. The number of rotatable bonds is 3. The topological polar surface area (TPSA) is 81.1 Å². The highest BCUT2D eigenvalue weighted by Crippen LogP contribution is 2.38. The first-order valence-corrected chi connectivity index (χ1v) is 7.60. The average molecular weight is 285 g/mol. The molecule has 110 valence electrons. The van der Waals surface area contributed by atoms with E-state index in [1.807, 2.05) is 18.3 Å². The molecule has 0 aromatic carbocycles. The Morgan fingerprint density at radius 1 is 1.19 bits per heavy atom. The van der Waals surface area contributed by atoms with Gasteiger partial charge in [-0.05, 0) is 44.2 Å². The van der Waals surface area contributed by atoms with Gasteiger partial charge in [0.15, 0.2) is 5.82 Å². The molecule has 3 heterocycles. The number of hydrogen-bond acceptors (Lipinski definition) is 6. The van der Waals surface area contributed by atoms with Crippen LogP contribution in [-0.4, -0.2) is 28.2 Å². The summed E-state index contributed by atoms with van der Waals surface area (Å²) in [6.07, 6.45) is 7.21. The molecule has 2 aromatic rings. The Hall–Kier alpha value is -1.95. The molecule has 0 unspecified atom stereocenters. The largest absolute Gasteiger partial charge is 0.356 e. The lowest BCUT2D eigenvalue weighted by Crippen LogP contribution is -2.44. The van der Waals surface area contributed by atoms with E-state index >= 15 is 0 Å². The zero-order chi connectivity index (χ0) is 14.3. The number of aromatic nitrogens is 3. The van der Waals surface area contributed by atoms with Gasteiger partial charge in [0.05, 0.1) is 11.1 Å². The van der Waals surface area contributed by atoms with Crippen molar-refractivity contribution in [2.24, 2.45) is 5.73 Å². The second-order valence-electron chi connectivity index (χ2n) is 6.00. The van der Waals surface area contributed by atoms with Crippen LogP contribution in [0.1, 0.15) is 37.9 Å². The molecule has 2 fully saturated rings. The minimum absolute atomic E-state index is 0.391. The highest BCUT2D eigenvalue weighted by Gasteiger charge is 2.39. The number of pyridine rings is 1. The first-order chi connectivity index (χ1) is 10.3. The van der Waals surface area contributed by atoms with E-state index in [-0.39, 0.29) is 0 Å². The third-order valence-corrected chi connectivity index (χ3v) is 4.54. The van der Waals surface area contributed by atoms with Crippen molar-refractivity contribution >= 4 is 5.82 Å². The number of hydrogen-bond donors (Lipinski definition) is 1. The molecule has 6 nitrogen and oxygen atoms in total. The predicted molar refractivity (Wildman–Crippen MR) is 78.7 cm³/mol. The maximum absolute atomic E-state index is 6.26. The van der Waals surface area contributed by atoms with Gasteiger partial charge in [-0.2, -0.15) is 4.98 Å². The number of anilines is 1. The summed E-state index contributed by atoms with van der Waals surface area (Å²) < 4.78 is 5.47. The summed E-state index contributed by atoms with van der Waals surface area (Å²) in [5, 5.41) is 4.10. The first-order valence-electron chi connectivity index (χ1n) is 7.60. The minimum Gasteiger partial charge on any atom is -0.356 e. The van der Waals surface area contributed by atoms with E-state index in [1.165, 1.54) is 12.8 Å². The Kier molecular flexibility index (Phi) is 2.92. The molecule has 0 bridgehead atoms. The quantitative estimate of drug-likeness (QED) is 0.929. The van der Waals surface area contributed by atoms with Crippen LogP contribution in [0.15, 0.2) is 22.9 Å². The summed E-state index contributed by atoms with van der Waals surface area (Å²) >= 11 is 0. The fourth-order valence-electron chi connectivity index (χ4n) is 3.06. The van der Waals surface area contributed by atoms with E-state index in [9.17, 15) is 0 Å². The standard InChI is InChI=1S/C15H19N5O/c16-15(6-4-7-15)14-18-13(21-19-14)11-5-3-8-17-12(11)20-9-1-2-10-20/h3,5,8H,1-2,4,6-7,9-10,16H2. The van der Waals surface area contributed by atoms with Gasteiger partial charge in [0.25, 0.3) is 5.89 Å². The van der Waals surface area contributed by atoms with E-state index in [4.69, 9.17) is 10.3 Å². The molecule has 0 radical (unpaired) electrons. The fourth-order valence-corrected chi connectivity index (χ4v) is 3.06. The Morgan fingerprint density at radius 2 is 2.00 bits per heavy atom. The van der Waals surface area contributed by atoms with Crippen molar-refractivity contribution in [2.75, 3.05) is 18.0 Å². The molecular weight excluding hydrogens is 266 g/mol. The number of nitrogens with two attached hydrogens (primary N) is 1. The molecule has 1 saturated heterocycles. The van der Waals surface area contributed by atoms with Crippen molar-refractivity contribution < 1.29 is 4.52 Å². The lowest BCUT2D eigenvalue weighted by molar-refractivity contribution is 0.229. The van der Waals surface area contributed by atoms with E-state index in [2.05, 4.69) is 20.0 Å². The Labute approximate surface area is 123 Å². The number of nitrogens with zero attached hydrogens (tertiary/aromatic N) is 4. The molecule has 6 heteroatoms. The lowest BCUT2D eigenvalue weighted by atomic mass is 9.77. The molecule has 2 N–H and O–H groups in total. The predicted octanol–water partition coefficient (Wildman–Crippen LogP) is 2.07. The Morgan fingerprint density at radius 3 is 2.71 bits per heavy atom. The first kappa shape index (κ1) is 12.8. The summed E-state index contributed by atoms with van der Waals surface area (Å²) in [7, 11) is 0. The van der Waals surface area contributed by atoms with Crippen LogP contribution in [0.2, 0.25) is 0 Å². The second-order valence-corrected chi connectivity index (χ2v) is 6.00. The average Bonchev–Trinajstić information content (AvgIpc) is 3.16. The lowest BCUT2D eigenvalue weighted by Gasteiger charge is -2.34. The van der Waals surface area contributed by atoms with Crippen molar-refractivity contribution in [1.82, 2.24) is 15.1 Å². The molecule has 21 heavy (non-hydrogen) atoms. The smallest absolute Gasteiger partial charge is 0.261 e. The molecule has 0 amide bonds. The van der Waals surface area contributed by atoms with Crippen molar-refractivity contribution in [3.8, 4) is 11.5 Å². The van der Waals surface area contributed by atoms with Crippen LogP contribution in [0.4, 0.5) is 5.82 Å². The van der Waals surface area contributed by atoms with Crippen molar-refractivity contribution in [3.63, 3.8) is 0 Å². The SMILES string of the molecule is NC1(c2noc(-c3cccnc3N3CCCC3)n2)CCC1. The molecule has 1 aliphatic heterocycles. The normalized spacial score (nSPS) is 20.5. The second kappa shape index (κ2) is 4.80. The Bertz CT molecular complexity index is 643. The molecule has 2 aromatic heterocycles. The summed E-state index contributed by atoms with van der Waals surface area (Å²) in [6, 6.07) is 3.89. The van der Waals surface area contributed by atoms with Gasteiger partial charge in [0.1, 0.15) is 5.82 Å². The van der Waals surface area contributed by atoms with Crippen molar-refractivity contribution in [1.29, 1.82) is 0 Å². The molecule has 0 atom stereocenters. The maximum Gasteiger partial charge on any atom is 0.261 e. The van der Waals surface area contributed by atoms with Crippen LogP contribution < -0.4 is 10.6 Å². The van der Waals surface area contributed by atoms with Gasteiger partial charge in [-0.25, -0.2) is 4.98 Å². The highest BCUT2D eigenvalue weighted by molar-refractivity contribution is 5.70. The molecule has 4 rings (SSSR count). The van der Waals surface area contributed by atoms with E-state index in [1.54, 1.807) is 0 Å². The monoisotopic (exact) mass is 285 g/mol. The fraction of sp³-hybridized carbons (Fsp3) is 0.533. The molecular formula is C15H19N5O. The third-order valence-electron chi connectivity index (χ3n) is 4.54. The van der Waals surface area contributed by atoms with E-state index in [0.717, 1.165) is 43.7 Å². The van der Waals surface area contributed by atoms with Gasteiger partial charge < -0.3 is 15.2 Å². The van der Waals surface area contributed by atoms with Gasteiger partial charge in [0, 0.05) is 19.3 Å². The zero-order valence-corrected chi connectivity index (χ0v) is 12.0. The van der Waals surface area contributed by atoms with Crippen LogP contribution >= 0.6 is 0 Å². The van der Waals surface area contributed by atoms with Crippen molar-refractivity contribution in [2.45, 2.75) is 37.6 Å². The summed E-state index contributed by atoms with van der Waals surface area (Å²) in [5.41, 5.74) is 6.78. The van der Waals surface area contributed by atoms with Crippen LogP contribution in [0.3, 0.4) is 0 Å². The molecule has 1 saturated carbocycles. The van der Waals surface area contributed by atoms with Gasteiger partial charge >= 0.3 is 0 Å². The van der Waals surface area contributed by atoms with E-state index < -0.39 is 5.54 Å². The van der Waals surface area contributed by atoms with Crippen LogP contribution in [0.5, 0.6) is 0 Å². The Balaban J connectivity index is 1.70. The van der Waals surface area contributed by atoms with Gasteiger partial charge in [-0.15, -0.1) is 0 Å². The summed E-state index contributed by atoms with van der Waals surface area (Å²) in [5.74, 6) is 2.08. The van der Waals surface area contributed by atoms with Crippen LogP contribution in [0, 0.1) is 0 Å². The van der Waals surface area contributed by atoms with Gasteiger partial charge in [0.2, 0.25) is 0 Å². The summed E-state index contributed by atoms with van der Waals surface area (Å²) in [4.78, 5) is 11.3. The molecule has 2 aliphatic rings. The zero-order valence-electron chi connectivity index (χ0n) is 12.0. The summed E-state index contributed by atoms with van der Waals surface area (Å²) in [6.45, 7) is 2.07. The van der Waals surface area contributed by atoms with Crippen molar-refractivity contribution in [3.05, 3.63) is 24.2 Å². The third kappa shape index (κ3) is 2.10. The van der Waals surface area contributed by atoms with E-state index in [0.29, 0.717) is 11.7 Å².